The van der Waals surface area contributed by atoms with E-state index in [0.29, 0.717) is 10.9 Å². The molecule has 3 nitrogen and oxygen atoms in total. The van der Waals surface area contributed by atoms with Gasteiger partial charge in [0, 0.05) is 14.7 Å². The Labute approximate surface area is 125 Å². The molecule has 2 rings (SSSR count). The molecule has 0 aliphatic rings. The fourth-order valence-corrected chi connectivity index (χ4v) is 3.02. The highest BCUT2D eigenvalue weighted by Gasteiger charge is 2.10. The maximum absolute atomic E-state index is 6.26. The summed E-state index contributed by atoms with van der Waals surface area (Å²) >= 11 is 8.50. The topological polar surface area (TPSA) is 50.9 Å². The van der Waals surface area contributed by atoms with Crippen molar-refractivity contribution in [2.24, 2.45) is 11.8 Å². The molecule has 18 heavy (non-hydrogen) atoms. The molecule has 0 fully saturated rings. The lowest BCUT2D eigenvalue weighted by Gasteiger charge is -2.12. The largest absolute Gasteiger partial charge is 0.323 e. The van der Waals surface area contributed by atoms with Crippen LogP contribution in [0.15, 0.2) is 18.2 Å². The molecule has 0 aliphatic carbocycles. The van der Waals surface area contributed by atoms with E-state index in [-0.39, 0.29) is 0 Å². The van der Waals surface area contributed by atoms with Gasteiger partial charge in [0.2, 0.25) is 0 Å². The third-order valence-electron chi connectivity index (χ3n) is 2.66. The van der Waals surface area contributed by atoms with Gasteiger partial charge in [0.1, 0.15) is 0 Å². The van der Waals surface area contributed by atoms with E-state index in [1.165, 1.54) is 0 Å². The highest BCUT2D eigenvalue weighted by atomic mass is 127. The molecule has 0 spiro atoms. The second kappa shape index (κ2) is 5.59. The van der Waals surface area contributed by atoms with Crippen LogP contribution in [0, 0.1) is 9.49 Å². The van der Waals surface area contributed by atoms with Gasteiger partial charge in [0.25, 0.3) is 0 Å². The monoisotopic (exact) mass is 375 g/mol. The molecule has 0 saturated carbocycles. The Morgan fingerprint density at radius 2 is 2.11 bits per heavy atom. The highest BCUT2D eigenvalue weighted by molar-refractivity contribution is 14.1. The smallest absolute Gasteiger partial charge is 0.0913 e. The fourth-order valence-electron chi connectivity index (χ4n) is 1.95. The third-order valence-corrected chi connectivity index (χ3v) is 3.57. The van der Waals surface area contributed by atoms with E-state index in [1.807, 2.05) is 18.2 Å². The second-order valence-corrected chi connectivity index (χ2v) is 6.34. The van der Waals surface area contributed by atoms with E-state index in [4.69, 9.17) is 17.4 Å². The SMILES string of the molecule is CC(C)Cc1cc(NN)c2cc(I)cc(Cl)c2n1. The van der Waals surface area contributed by atoms with Crippen LogP contribution in [0.3, 0.4) is 0 Å². The van der Waals surface area contributed by atoms with E-state index < -0.39 is 0 Å². The maximum atomic E-state index is 6.26. The van der Waals surface area contributed by atoms with Gasteiger partial charge in [-0.2, -0.15) is 0 Å². The van der Waals surface area contributed by atoms with Gasteiger partial charge in [-0.25, -0.2) is 0 Å². The average Bonchev–Trinajstić information content (AvgIpc) is 2.28. The molecule has 1 aromatic heterocycles. The molecule has 1 aromatic carbocycles. The van der Waals surface area contributed by atoms with Gasteiger partial charge >= 0.3 is 0 Å². The Kier molecular flexibility index (Phi) is 4.29. The van der Waals surface area contributed by atoms with Gasteiger partial charge in [0.15, 0.2) is 0 Å². The third kappa shape index (κ3) is 2.87. The van der Waals surface area contributed by atoms with E-state index in [0.717, 1.165) is 32.3 Å². The summed E-state index contributed by atoms with van der Waals surface area (Å²) in [5.41, 5.74) is 5.42. The summed E-state index contributed by atoms with van der Waals surface area (Å²) in [6.07, 6.45) is 0.910. The average molecular weight is 376 g/mol. The maximum Gasteiger partial charge on any atom is 0.0913 e. The molecule has 3 N–H and O–H groups in total. The summed E-state index contributed by atoms with van der Waals surface area (Å²) in [5.74, 6) is 6.14. The number of hydrazine groups is 1. The van der Waals surface area contributed by atoms with Crippen molar-refractivity contribution in [3.63, 3.8) is 0 Å². The Morgan fingerprint density at radius 3 is 2.72 bits per heavy atom. The zero-order chi connectivity index (χ0) is 13.3. The quantitative estimate of drug-likeness (QED) is 0.485. The number of nitrogens with one attached hydrogen (secondary N) is 1. The number of hydrogen-bond donors (Lipinski definition) is 2. The molecule has 0 bridgehead atoms. The Hall–Kier alpha value is -0.590. The van der Waals surface area contributed by atoms with E-state index >= 15 is 0 Å². The van der Waals surface area contributed by atoms with Crippen LogP contribution >= 0.6 is 34.2 Å². The molecule has 2 aromatic rings. The number of rotatable bonds is 3. The minimum absolute atomic E-state index is 0.545. The predicted octanol–water partition coefficient (Wildman–Crippen LogP) is 3.98. The minimum Gasteiger partial charge on any atom is -0.323 e. The first-order valence-electron chi connectivity index (χ1n) is 5.76. The van der Waals surface area contributed by atoms with Crippen LogP contribution in [0.2, 0.25) is 5.02 Å². The molecular weight excluding hydrogens is 361 g/mol. The zero-order valence-corrected chi connectivity index (χ0v) is 13.2. The highest BCUT2D eigenvalue weighted by Crippen LogP contribution is 2.30. The predicted molar refractivity (Wildman–Crippen MR) is 85.8 cm³/mol. The minimum atomic E-state index is 0.545. The van der Waals surface area contributed by atoms with Crippen molar-refractivity contribution in [2.45, 2.75) is 20.3 Å². The number of aromatic nitrogens is 1. The molecule has 0 aliphatic heterocycles. The van der Waals surface area contributed by atoms with Gasteiger partial charge in [0.05, 0.1) is 16.2 Å². The van der Waals surface area contributed by atoms with E-state index in [1.54, 1.807) is 0 Å². The zero-order valence-electron chi connectivity index (χ0n) is 10.3. The number of benzene rings is 1. The lowest BCUT2D eigenvalue weighted by atomic mass is 10.1. The van der Waals surface area contributed by atoms with Crippen LogP contribution in [-0.4, -0.2) is 4.98 Å². The van der Waals surface area contributed by atoms with Gasteiger partial charge in [-0.3, -0.25) is 10.8 Å². The standard InChI is InChI=1S/C13H15ClIN3/c1-7(2)3-9-6-12(18-16)10-4-8(15)5-11(14)13(10)17-9/h4-7H,3,16H2,1-2H3,(H,17,18). The molecule has 0 saturated heterocycles. The lowest BCUT2D eigenvalue weighted by molar-refractivity contribution is 0.637. The molecule has 0 atom stereocenters. The number of nitrogen functional groups attached to an aromatic ring is 1. The Morgan fingerprint density at radius 1 is 1.39 bits per heavy atom. The van der Waals surface area contributed by atoms with Crippen molar-refractivity contribution in [1.82, 2.24) is 4.98 Å². The van der Waals surface area contributed by atoms with Crippen molar-refractivity contribution in [2.75, 3.05) is 5.43 Å². The van der Waals surface area contributed by atoms with Crippen LogP contribution in [-0.2, 0) is 6.42 Å². The molecule has 96 valence electrons. The fraction of sp³-hybridized carbons (Fsp3) is 0.308. The summed E-state index contributed by atoms with van der Waals surface area (Å²) in [6, 6.07) is 5.94. The number of pyridine rings is 1. The molecular formula is C13H15ClIN3. The first kappa shape index (κ1) is 13.8. The van der Waals surface area contributed by atoms with Crippen molar-refractivity contribution >= 4 is 50.8 Å². The number of hydrogen-bond acceptors (Lipinski definition) is 3. The second-order valence-electron chi connectivity index (χ2n) is 4.69. The van der Waals surface area contributed by atoms with Gasteiger partial charge in [-0.1, -0.05) is 25.4 Å². The molecule has 0 radical (unpaired) electrons. The number of nitrogens with two attached hydrogens (primary N) is 1. The van der Waals surface area contributed by atoms with Crippen LogP contribution in [0.4, 0.5) is 5.69 Å². The van der Waals surface area contributed by atoms with Crippen LogP contribution in [0.5, 0.6) is 0 Å². The summed E-state index contributed by atoms with van der Waals surface area (Å²) in [7, 11) is 0. The number of anilines is 1. The van der Waals surface area contributed by atoms with Crippen molar-refractivity contribution in [3.8, 4) is 0 Å². The Bertz CT molecular complexity index is 584. The van der Waals surface area contributed by atoms with Crippen LogP contribution in [0.1, 0.15) is 19.5 Å². The van der Waals surface area contributed by atoms with Crippen LogP contribution in [0.25, 0.3) is 10.9 Å². The summed E-state index contributed by atoms with van der Waals surface area (Å²) in [6.45, 7) is 4.33. The Balaban J connectivity index is 2.67. The summed E-state index contributed by atoms with van der Waals surface area (Å²) in [5, 5.41) is 1.63. The summed E-state index contributed by atoms with van der Waals surface area (Å²) in [4.78, 5) is 4.63. The van der Waals surface area contributed by atoms with Crippen molar-refractivity contribution in [1.29, 1.82) is 0 Å². The molecule has 1 heterocycles. The lowest BCUT2D eigenvalue weighted by Crippen LogP contribution is -2.09. The normalized spacial score (nSPS) is 11.2. The number of halogens is 2. The van der Waals surface area contributed by atoms with Gasteiger partial charge < -0.3 is 5.43 Å². The summed E-state index contributed by atoms with van der Waals surface area (Å²) < 4.78 is 1.07. The molecule has 0 amide bonds. The number of fused-ring (bicyclic) bond motifs is 1. The van der Waals surface area contributed by atoms with Crippen molar-refractivity contribution in [3.05, 3.63) is 32.5 Å². The van der Waals surface area contributed by atoms with E-state index in [9.17, 15) is 0 Å². The number of nitrogens with zero attached hydrogens (tertiary/aromatic N) is 1. The molecule has 0 unspecified atom stereocenters. The van der Waals surface area contributed by atoms with Gasteiger partial charge in [-0.05, 0) is 53.1 Å². The van der Waals surface area contributed by atoms with E-state index in [2.05, 4.69) is 46.8 Å². The molecule has 5 heteroatoms. The van der Waals surface area contributed by atoms with Crippen molar-refractivity contribution < 1.29 is 0 Å². The van der Waals surface area contributed by atoms with Crippen LogP contribution < -0.4 is 11.3 Å². The first-order valence-corrected chi connectivity index (χ1v) is 7.22. The van der Waals surface area contributed by atoms with Gasteiger partial charge in [-0.15, -0.1) is 0 Å². The first-order chi connectivity index (χ1) is 8.51.